The van der Waals surface area contributed by atoms with E-state index in [1.807, 2.05) is 55.4 Å². The second kappa shape index (κ2) is 49.1. The van der Waals surface area contributed by atoms with Crippen LogP contribution in [0.2, 0.25) is 0 Å². The van der Waals surface area contributed by atoms with Crippen molar-refractivity contribution in [3.63, 3.8) is 0 Å². The van der Waals surface area contributed by atoms with Crippen molar-refractivity contribution in [3.05, 3.63) is 0 Å². The van der Waals surface area contributed by atoms with E-state index in [1.165, 1.54) is 0 Å². The first-order valence-corrected chi connectivity index (χ1v) is 34.1. The summed E-state index contributed by atoms with van der Waals surface area (Å²) in [6, 6.07) is 0. The molecule has 0 amide bonds. The molecule has 0 saturated heterocycles. The Kier molecular flexibility index (Phi) is 79.9. The van der Waals surface area contributed by atoms with E-state index in [1.54, 1.807) is 0 Å². The first kappa shape index (κ1) is 81.3. The molecule has 0 saturated carbocycles. The molecular formula is C24H68Ge6O8P4S8. The summed E-state index contributed by atoms with van der Waals surface area (Å²) >= 11 is 17.8. The Morgan fingerprint density at radius 1 is 0.280 bits per heavy atom. The molecule has 0 heterocycles. The summed E-state index contributed by atoms with van der Waals surface area (Å²) in [4.78, 5) is 87.7. The van der Waals surface area contributed by atoms with Crippen LogP contribution in [0, 0.1) is 0 Å². The number of hydrogen-bond donors (Lipinski definition) is 0. The molecule has 0 radical (unpaired) electrons. The summed E-state index contributed by atoms with van der Waals surface area (Å²) in [5.41, 5.74) is -13.8. The Morgan fingerprint density at radius 2 is 0.360 bits per heavy atom. The summed E-state index contributed by atoms with van der Waals surface area (Å²) in [7, 11) is -2.11. The molecule has 50 heavy (non-hydrogen) atoms. The molecule has 0 aliphatic rings. The Labute approximate surface area is 404 Å². The zero-order chi connectivity index (χ0) is 35.6. The summed E-state index contributed by atoms with van der Waals surface area (Å²) in [6.07, 6.45) is 7.27. The Morgan fingerprint density at radius 3 is 0.400 bits per heavy atom. The van der Waals surface area contributed by atoms with Crippen molar-refractivity contribution in [1.82, 2.24) is 0 Å². The van der Waals surface area contributed by atoms with Crippen molar-refractivity contribution in [1.29, 1.82) is 0 Å². The molecule has 0 bridgehead atoms. The van der Waals surface area contributed by atoms with Crippen LogP contribution in [0.25, 0.3) is 0 Å². The fourth-order valence-electron chi connectivity index (χ4n) is 3.19. The fraction of sp³-hybridized carbons (Fsp3) is 1.00. The molecule has 8 nitrogen and oxygen atoms in total. The number of hydrogen-bond acceptors (Lipinski definition) is 12. The van der Waals surface area contributed by atoms with Gasteiger partial charge < -0.3 is 111 Å². The third kappa shape index (κ3) is 53.5. The van der Waals surface area contributed by atoms with Gasteiger partial charge in [-0.3, -0.25) is 0 Å². The normalized spacial score (nSPS) is 11.0. The van der Waals surface area contributed by atoms with E-state index in [-0.39, 0.29) is 106 Å². The molecule has 0 aromatic carbocycles. The van der Waals surface area contributed by atoms with E-state index in [0.29, 0.717) is 0 Å². The Balaban J connectivity index is -0.0000000513. The molecule has 304 valence electrons. The molecule has 26 heteroatoms. The second-order valence-electron chi connectivity index (χ2n) is 9.27. The number of rotatable bonds is 16. The molecule has 0 atom stereocenters. The van der Waals surface area contributed by atoms with Crippen LogP contribution in [0.15, 0.2) is 0 Å². The minimum atomic E-state index is -3.45. The summed E-state index contributed by atoms with van der Waals surface area (Å²) in [6.45, 7) is 15.9. The average molecular weight is 1300 g/mol. The standard InChI is InChI=1S/4C6H14O2PS2.6GeH2/c4*1-3-5-11(6-4-2)9(7,8)10;;;;;;/h4*3-6H2,1-2H3;6*1H2/q4*-3;6*+2. The van der Waals surface area contributed by atoms with Crippen LogP contribution >= 0.6 is 22.8 Å². The van der Waals surface area contributed by atoms with E-state index in [9.17, 15) is 39.1 Å². The van der Waals surface area contributed by atoms with Gasteiger partial charge in [0.05, 0.1) is 0 Å². The first-order valence-electron chi connectivity index (χ1n) is 14.9. The zero-order valence-corrected chi connectivity index (χ0v) is 59.8. The zero-order valence-electron chi connectivity index (χ0n) is 31.9. The summed E-state index contributed by atoms with van der Waals surface area (Å²) in [5.74, 6) is 5.99. The van der Waals surface area contributed by atoms with E-state index < -0.39 is 63.1 Å². The van der Waals surface area contributed by atoms with Gasteiger partial charge in [0.15, 0.2) is 0 Å². The van der Waals surface area contributed by atoms with Gasteiger partial charge in [-0.2, -0.15) is 0 Å². The van der Waals surface area contributed by atoms with Gasteiger partial charge in [0, 0.05) is 0 Å². The third-order valence-corrected chi connectivity index (χ3v) is 33.9. The fourth-order valence-corrected chi connectivity index (χ4v) is 24.7. The molecule has 0 aromatic rings. The molecule has 0 unspecified atom stereocenters. The van der Waals surface area contributed by atoms with E-state index in [2.05, 4.69) is 49.0 Å². The van der Waals surface area contributed by atoms with Crippen LogP contribution in [-0.2, 0) is 89.3 Å². The van der Waals surface area contributed by atoms with Crippen molar-refractivity contribution in [2.45, 2.75) is 107 Å². The molecule has 0 aliphatic heterocycles. The first-order chi connectivity index (χ1) is 20.1. The summed E-state index contributed by atoms with van der Waals surface area (Å²) < 4.78 is 0. The van der Waals surface area contributed by atoms with Crippen molar-refractivity contribution in [2.75, 3.05) is 46.0 Å². The molecular weight excluding hydrogens is 1230 g/mol. The topological polar surface area (TPSA) is 184 Å². The van der Waals surface area contributed by atoms with E-state index in [0.717, 1.165) is 97.4 Å². The van der Waals surface area contributed by atoms with Crippen LogP contribution in [0.4, 0.5) is 0 Å². The van der Waals surface area contributed by atoms with E-state index in [4.69, 9.17) is 0 Å². The maximum absolute atomic E-state index is 11.0. The Bertz CT molecular complexity index is 769. The van der Waals surface area contributed by atoms with Crippen LogP contribution in [0.1, 0.15) is 107 Å². The maximum atomic E-state index is 11.0. The monoisotopic (exact) mass is 1310 g/mol. The van der Waals surface area contributed by atoms with Crippen molar-refractivity contribution in [2.24, 2.45) is 0 Å². The van der Waals surface area contributed by atoms with Crippen LogP contribution in [-0.4, -0.2) is 152 Å². The predicted molar refractivity (Wildman–Crippen MR) is 259 cm³/mol. The van der Waals surface area contributed by atoms with Gasteiger partial charge in [-0.15, -0.1) is 0 Å². The molecule has 0 spiro atoms. The van der Waals surface area contributed by atoms with Gasteiger partial charge in [0.1, 0.15) is 0 Å². The van der Waals surface area contributed by atoms with Gasteiger partial charge in [-0.1, -0.05) is 55.4 Å². The van der Waals surface area contributed by atoms with Crippen molar-refractivity contribution >= 4 is 218 Å². The van der Waals surface area contributed by atoms with Crippen molar-refractivity contribution < 1.29 is 39.1 Å². The SMILES string of the molecule is CCCS(CCC)=P([O-])([O-])[S-].CCCS(CCC)=P([O-])([O-])[S-].CCCS(CCC)=P([O-])([O-])[S-].CCCS(CCC)=P([O-])([O-])[S-].[GeH2+2].[GeH2+2].[GeH2+2].[GeH2+2].[GeH2+2].[GeH2+2]. The quantitative estimate of drug-likeness (QED) is 0.0831. The Hall–Kier alpha value is 7.46. The third-order valence-electron chi connectivity index (χ3n) is 4.78. The van der Waals surface area contributed by atoms with Gasteiger partial charge in [-0.25, -0.2) is 40.3 Å². The molecule has 0 aliphatic carbocycles. The summed E-state index contributed by atoms with van der Waals surface area (Å²) in [5, 5.41) is 0. The molecule has 0 fully saturated rings. The second-order valence-corrected chi connectivity index (χ2v) is 40.3. The predicted octanol–water partition coefficient (Wildman–Crippen LogP) is -4.02. The minimum absolute atomic E-state index is 0. The van der Waals surface area contributed by atoms with Crippen LogP contribution in [0.3, 0.4) is 0 Å². The molecule has 0 N–H and O–H groups in total. The van der Waals surface area contributed by atoms with Crippen LogP contribution in [0.5, 0.6) is 0 Å². The van der Waals surface area contributed by atoms with Crippen LogP contribution < -0.4 is 39.1 Å². The average Bonchev–Trinajstić information content (AvgIpc) is 2.87. The van der Waals surface area contributed by atoms with Gasteiger partial charge in [0.25, 0.3) is 0 Å². The van der Waals surface area contributed by atoms with Gasteiger partial charge >= 0.3 is 106 Å². The van der Waals surface area contributed by atoms with Crippen molar-refractivity contribution in [3.8, 4) is 0 Å². The van der Waals surface area contributed by atoms with Gasteiger partial charge in [0.2, 0.25) is 0 Å². The van der Waals surface area contributed by atoms with Gasteiger partial charge in [-0.05, 0) is 97.4 Å². The molecule has 0 aromatic heterocycles. The molecule has 0 rings (SSSR count). The van der Waals surface area contributed by atoms with E-state index >= 15 is 0 Å².